The zero-order valence-electron chi connectivity index (χ0n) is 19.2. The minimum atomic E-state index is -1.03. The summed E-state index contributed by atoms with van der Waals surface area (Å²) in [6.07, 6.45) is 4.92. The molecular formula is C26H23FN4O5. The standard InChI is InChI=1S/C26H23FN4O5/c27-20-8-2-4-10-22(20)31-25(34)19(24(33)29-26(31)35)12-16-14-30(21-9-3-1-7-18(16)21)15-23(32)28-13-17-6-5-11-36-17/h1-4,7-10,12,14,17H,5-6,11,13,15H2,(H,28,32)(H,29,33,35)/b19-12+/t17-/m0/s1. The molecule has 5 rings (SSSR count). The van der Waals surface area contributed by atoms with Crippen LogP contribution in [-0.4, -0.2) is 47.6 Å². The van der Waals surface area contributed by atoms with Crippen LogP contribution in [0.4, 0.5) is 14.9 Å². The molecule has 0 unspecified atom stereocenters. The number of para-hydroxylation sites is 2. The molecule has 0 spiro atoms. The fraction of sp³-hybridized carbons (Fsp3) is 0.231. The Morgan fingerprint density at radius 3 is 2.69 bits per heavy atom. The molecule has 2 aliphatic rings. The molecule has 2 saturated heterocycles. The van der Waals surface area contributed by atoms with Crippen molar-refractivity contribution in [1.82, 2.24) is 15.2 Å². The SMILES string of the molecule is O=C(Cn1cc(/C=C2\C(=O)NC(=O)N(c3ccccc3F)C2=O)c2ccccc21)NC[C@@H]1CCCO1. The molecule has 184 valence electrons. The number of imide groups is 2. The van der Waals surface area contributed by atoms with Gasteiger partial charge in [-0.05, 0) is 37.1 Å². The summed E-state index contributed by atoms with van der Waals surface area (Å²) in [6.45, 7) is 1.16. The monoisotopic (exact) mass is 490 g/mol. The van der Waals surface area contributed by atoms with Crippen molar-refractivity contribution < 1.29 is 28.3 Å². The Kier molecular flexibility index (Phi) is 6.34. The van der Waals surface area contributed by atoms with Gasteiger partial charge < -0.3 is 14.6 Å². The van der Waals surface area contributed by atoms with Crippen LogP contribution in [0.5, 0.6) is 0 Å². The Morgan fingerprint density at radius 2 is 1.92 bits per heavy atom. The van der Waals surface area contributed by atoms with E-state index in [-0.39, 0.29) is 29.8 Å². The van der Waals surface area contributed by atoms with Crippen LogP contribution in [0.3, 0.4) is 0 Å². The molecule has 2 aromatic carbocycles. The van der Waals surface area contributed by atoms with Crippen LogP contribution in [0.15, 0.2) is 60.3 Å². The number of urea groups is 1. The molecule has 3 heterocycles. The zero-order valence-corrected chi connectivity index (χ0v) is 19.2. The van der Waals surface area contributed by atoms with Crippen molar-refractivity contribution in [2.45, 2.75) is 25.5 Å². The maximum atomic E-state index is 14.3. The van der Waals surface area contributed by atoms with Gasteiger partial charge in [0.2, 0.25) is 5.91 Å². The maximum absolute atomic E-state index is 14.3. The van der Waals surface area contributed by atoms with Crippen molar-refractivity contribution in [2.24, 2.45) is 0 Å². The van der Waals surface area contributed by atoms with Crippen LogP contribution in [0, 0.1) is 5.82 Å². The molecule has 2 N–H and O–H groups in total. The fourth-order valence-electron chi connectivity index (χ4n) is 4.43. The summed E-state index contributed by atoms with van der Waals surface area (Å²) in [5.74, 6) is -2.81. The predicted molar refractivity (Wildman–Crippen MR) is 129 cm³/mol. The van der Waals surface area contributed by atoms with Gasteiger partial charge in [-0.25, -0.2) is 14.1 Å². The first-order valence-electron chi connectivity index (χ1n) is 11.5. The van der Waals surface area contributed by atoms with Gasteiger partial charge in [0.1, 0.15) is 17.9 Å². The summed E-state index contributed by atoms with van der Waals surface area (Å²) in [4.78, 5) is 51.3. The van der Waals surface area contributed by atoms with Gasteiger partial charge in [0.15, 0.2) is 0 Å². The summed E-state index contributed by atoms with van der Waals surface area (Å²) < 4.78 is 21.6. The lowest BCUT2D eigenvalue weighted by atomic mass is 10.1. The Bertz CT molecular complexity index is 1410. The smallest absolute Gasteiger partial charge is 0.336 e. The topological polar surface area (TPSA) is 110 Å². The van der Waals surface area contributed by atoms with Gasteiger partial charge in [-0.15, -0.1) is 0 Å². The van der Waals surface area contributed by atoms with Gasteiger partial charge in [0.05, 0.1) is 11.8 Å². The second-order valence-corrected chi connectivity index (χ2v) is 8.58. The van der Waals surface area contributed by atoms with E-state index >= 15 is 0 Å². The summed E-state index contributed by atoms with van der Waals surface area (Å²) in [5, 5.41) is 5.68. The number of halogens is 1. The summed E-state index contributed by atoms with van der Waals surface area (Å²) in [5.41, 5.74) is 0.633. The number of aromatic nitrogens is 1. The van der Waals surface area contributed by atoms with Crippen LogP contribution < -0.4 is 15.5 Å². The number of rotatable bonds is 6. The van der Waals surface area contributed by atoms with Crippen molar-refractivity contribution in [1.29, 1.82) is 0 Å². The van der Waals surface area contributed by atoms with Crippen molar-refractivity contribution in [3.63, 3.8) is 0 Å². The number of ether oxygens (including phenoxy) is 1. The summed E-state index contributed by atoms with van der Waals surface area (Å²) >= 11 is 0. The van der Waals surface area contributed by atoms with E-state index in [1.165, 1.54) is 24.3 Å². The van der Waals surface area contributed by atoms with Crippen LogP contribution >= 0.6 is 0 Å². The fourth-order valence-corrected chi connectivity index (χ4v) is 4.43. The quantitative estimate of drug-likeness (QED) is 0.408. The molecule has 0 bridgehead atoms. The number of carbonyl (C=O) groups is 4. The second-order valence-electron chi connectivity index (χ2n) is 8.58. The zero-order chi connectivity index (χ0) is 25.2. The third-order valence-corrected chi connectivity index (χ3v) is 6.18. The number of fused-ring (bicyclic) bond motifs is 1. The molecule has 10 heteroatoms. The first kappa shape index (κ1) is 23.4. The highest BCUT2D eigenvalue weighted by Gasteiger charge is 2.38. The number of hydrogen-bond acceptors (Lipinski definition) is 5. The molecule has 9 nitrogen and oxygen atoms in total. The van der Waals surface area contributed by atoms with E-state index in [9.17, 15) is 23.6 Å². The number of hydrogen-bond donors (Lipinski definition) is 2. The largest absolute Gasteiger partial charge is 0.376 e. The number of amides is 5. The third kappa shape index (κ3) is 4.50. The predicted octanol–water partition coefficient (Wildman–Crippen LogP) is 2.74. The van der Waals surface area contributed by atoms with Crippen molar-refractivity contribution in [2.75, 3.05) is 18.1 Å². The molecule has 5 amide bonds. The molecular weight excluding hydrogens is 467 g/mol. The minimum absolute atomic E-state index is 0.0200. The summed E-state index contributed by atoms with van der Waals surface area (Å²) in [6, 6.07) is 11.5. The van der Waals surface area contributed by atoms with E-state index in [1.54, 1.807) is 22.9 Å². The van der Waals surface area contributed by atoms with Gasteiger partial charge in [-0.3, -0.25) is 19.7 Å². The van der Waals surface area contributed by atoms with Crippen molar-refractivity contribution >= 4 is 46.4 Å². The number of barbiturate groups is 1. The van der Waals surface area contributed by atoms with E-state index in [4.69, 9.17) is 4.74 Å². The van der Waals surface area contributed by atoms with E-state index in [1.807, 2.05) is 12.1 Å². The number of benzene rings is 2. The molecule has 3 aromatic rings. The third-order valence-electron chi connectivity index (χ3n) is 6.18. The van der Waals surface area contributed by atoms with Gasteiger partial charge in [0.25, 0.3) is 11.8 Å². The van der Waals surface area contributed by atoms with Crippen LogP contribution in [-0.2, 0) is 25.7 Å². The Hall–Kier alpha value is -4.31. The van der Waals surface area contributed by atoms with Gasteiger partial charge in [-0.1, -0.05) is 30.3 Å². The molecule has 1 aromatic heterocycles. The number of nitrogens with zero attached hydrogens (tertiary/aromatic N) is 2. The molecule has 0 radical (unpaired) electrons. The van der Waals surface area contributed by atoms with E-state index < -0.39 is 23.7 Å². The van der Waals surface area contributed by atoms with E-state index in [0.29, 0.717) is 29.0 Å². The average molecular weight is 490 g/mol. The maximum Gasteiger partial charge on any atom is 0.336 e. The van der Waals surface area contributed by atoms with Crippen molar-refractivity contribution in [3.05, 3.63) is 71.7 Å². The number of anilines is 1. The minimum Gasteiger partial charge on any atom is -0.376 e. The van der Waals surface area contributed by atoms with Gasteiger partial charge in [-0.2, -0.15) is 0 Å². The van der Waals surface area contributed by atoms with Crippen LogP contribution in [0.2, 0.25) is 0 Å². The average Bonchev–Trinajstić information content (AvgIpc) is 3.50. The highest BCUT2D eigenvalue weighted by molar-refractivity contribution is 6.39. The molecule has 2 fully saturated rings. The lowest BCUT2D eigenvalue weighted by Gasteiger charge is -2.26. The highest BCUT2D eigenvalue weighted by atomic mass is 19.1. The molecule has 1 atom stereocenters. The van der Waals surface area contributed by atoms with Gasteiger partial charge >= 0.3 is 6.03 Å². The first-order valence-corrected chi connectivity index (χ1v) is 11.5. The Labute approximate surface area is 205 Å². The summed E-state index contributed by atoms with van der Waals surface area (Å²) in [7, 11) is 0. The second kappa shape index (κ2) is 9.74. The number of nitrogens with one attached hydrogen (secondary N) is 2. The van der Waals surface area contributed by atoms with Crippen LogP contribution in [0.1, 0.15) is 18.4 Å². The lowest BCUT2D eigenvalue weighted by Crippen LogP contribution is -2.54. The number of carbonyl (C=O) groups excluding carboxylic acids is 4. The molecule has 36 heavy (non-hydrogen) atoms. The van der Waals surface area contributed by atoms with Gasteiger partial charge in [0, 0.05) is 35.8 Å². The van der Waals surface area contributed by atoms with Crippen LogP contribution in [0.25, 0.3) is 17.0 Å². The molecule has 0 aliphatic carbocycles. The normalized spacial score (nSPS) is 19.2. The molecule has 0 saturated carbocycles. The Balaban J connectivity index is 1.45. The van der Waals surface area contributed by atoms with E-state index in [0.717, 1.165) is 24.4 Å². The van der Waals surface area contributed by atoms with Crippen molar-refractivity contribution in [3.8, 4) is 0 Å². The molecule has 2 aliphatic heterocycles. The van der Waals surface area contributed by atoms with E-state index in [2.05, 4.69) is 10.6 Å². The first-order chi connectivity index (χ1) is 17.4. The Morgan fingerprint density at radius 1 is 1.14 bits per heavy atom. The highest BCUT2D eigenvalue weighted by Crippen LogP contribution is 2.27. The lowest BCUT2D eigenvalue weighted by molar-refractivity contribution is -0.123.